The minimum absolute atomic E-state index is 0.000250. The van der Waals surface area contributed by atoms with E-state index in [0.29, 0.717) is 11.7 Å². The highest BCUT2D eigenvalue weighted by Gasteiger charge is 2.25. The Kier molecular flexibility index (Phi) is 4.30. The monoisotopic (exact) mass is 372 g/mol. The van der Waals surface area contributed by atoms with Crippen LogP contribution in [0.4, 0.5) is 32.4 Å². The van der Waals surface area contributed by atoms with Crippen LogP contribution in [0.15, 0.2) is 24.3 Å². The van der Waals surface area contributed by atoms with Gasteiger partial charge in [0.05, 0.1) is 6.04 Å². The van der Waals surface area contributed by atoms with Crippen molar-refractivity contribution in [2.24, 2.45) is 0 Å². The van der Waals surface area contributed by atoms with Crippen LogP contribution < -0.4 is 16.4 Å². The van der Waals surface area contributed by atoms with Crippen molar-refractivity contribution in [1.29, 1.82) is 0 Å². The molecular formula is C17H18F2N8. The molecule has 140 valence electrons. The van der Waals surface area contributed by atoms with Gasteiger partial charge in [-0.2, -0.15) is 20.1 Å². The molecule has 1 atom stereocenters. The van der Waals surface area contributed by atoms with Crippen molar-refractivity contribution < 1.29 is 8.78 Å². The fourth-order valence-electron chi connectivity index (χ4n) is 2.76. The zero-order valence-electron chi connectivity index (χ0n) is 14.5. The van der Waals surface area contributed by atoms with Crippen molar-refractivity contribution in [2.75, 3.05) is 16.4 Å². The van der Waals surface area contributed by atoms with Crippen LogP contribution >= 0.6 is 0 Å². The lowest BCUT2D eigenvalue weighted by atomic mass is 10.1. The first-order chi connectivity index (χ1) is 13.0. The summed E-state index contributed by atoms with van der Waals surface area (Å²) >= 11 is 0. The largest absolute Gasteiger partial charge is 0.368 e. The molecule has 0 bridgehead atoms. The number of H-pyrrole nitrogens is 1. The van der Waals surface area contributed by atoms with E-state index in [-0.39, 0.29) is 23.4 Å². The summed E-state index contributed by atoms with van der Waals surface area (Å²) in [5.41, 5.74) is 7.10. The molecule has 0 saturated heterocycles. The molecule has 4 rings (SSSR count). The fraction of sp³-hybridized carbons (Fsp3) is 0.294. The number of aromatic amines is 1. The van der Waals surface area contributed by atoms with Gasteiger partial charge in [-0.15, -0.1) is 0 Å². The molecule has 10 heteroatoms. The molecule has 3 aromatic rings. The van der Waals surface area contributed by atoms with Gasteiger partial charge in [-0.25, -0.2) is 8.78 Å². The predicted octanol–water partition coefficient (Wildman–Crippen LogP) is 3.25. The van der Waals surface area contributed by atoms with Crippen molar-refractivity contribution in [2.45, 2.75) is 31.7 Å². The van der Waals surface area contributed by atoms with Crippen molar-refractivity contribution >= 4 is 23.7 Å². The van der Waals surface area contributed by atoms with E-state index >= 15 is 0 Å². The van der Waals surface area contributed by atoms with Crippen LogP contribution in [0.5, 0.6) is 0 Å². The number of halogens is 2. The number of nitrogens with two attached hydrogens (primary N) is 1. The summed E-state index contributed by atoms with van der Waals surface area (Å²) in [5, 5.41) is 13.1. The number of hydrogen-bond acceptors (Lipinski definition) is 7. The minimum Gasteiger partial charge on any atom is -0.368 e. The highest BCUT2D eigenvalue weighted by molar-refractivity contribution is 5.52. The number of nitrogens with one attached hydrogen (secondary N) is 3. The van der Waals surface area contributed by atoms with E-state index in [9.17, 15) is 8.78 Å². The molecule has 1 saturated carbocycles. The third-order valence-corrected chi connectivity index (χ3v) is 4.28. The summed E-state index contributed by atoms with van der Waals surface area (Å²) in [6.07, 6.45) is 2.32. The van der Waals surface area contributed by atoms with Crippen molar-refractivity contribution in [3.8, 4) is 0 Å². The van der Waals surface area contributed by atoms with Gasteiger partial charge in [0, 0.05) is 29.3 Å². The fourth-order valence-corrected chi connectivity index (χ4v) is 2.76. The molecule has 1 unspecified atom stereocenters. The van der Waals surface area contributed by atoms with Crippen LogP contribution in [-0.4, -0.2) is 25.1 Å². The summed E-state index contributed by atoms with van der Waals surface area (Å²) in [6.45, 7) is 1.71. The number of nitrogen functional groups attached to an aromatic ring is 1. The van der Waals surface area contributed by atoms with Gasteiger partial charge in [-0.1, -0.05) is 6.07 Å². The number of rotatable bonds is 6. The number of hydrogen-bond donors (Lipinski definition) is 4. The molecule has 0 spiro atoms. The van der Waals surface area contributed by atoms with Gasteiger partial charge < -0.3 is 16.4 Å². The summed E-state index contributed by atoms with van der Waals surface area (Å²) in [6, 6.07) is 4.79. The Bertz CT molecular complexity index is 969. The molecular weight excluding hydrogens is 354 g/mol. The van der Waals surface area contributed by atoms with E-state index < -0.39 is 17.7 Å². The van der Waals surface area contributed by atoms with Crippen LogP contribution in [-0.2, 0) is 0 Å². The van der Waals surface area contributed by atoms with E-state index in [4.69, 9.17) is 5.73 Å². The first-order valence-corrected chi connectivity index (χ1v) is 8.53. The maximum absolute atomic E-state index is 13.9. The lowest BCUT2D eigenvalue weighted by molar-refractivity contribution is 0.566. The van der Waals surface area contributed by atoms with Crippen molar-refractivity contribution in [3.63, 3.8) is 0 Å². The molecule has 27 heavy (non-hydrogen) atoms. The Balaban J connectivity index is 1.50. The third kappa shape index (κ3) is 3.94. The number of benzene rings is 1. The van der Waals surface area contributed by atoms with Gasteiger partial charge in [-0.3, -0.25) is 5.10 Å². The van der Waals surface area contributed by atoms with Gasteiger partial charge in [0.2, 0.25) is 17.8 Å². The second-order valence-corrected chi connectivity index (χ2v) is 6.48. The van der Waals surface area contributed by atoms with Crippen LogP contribution in [0.3, 0.4) is 0 Å². The summed E-state index contributed by atoms with van der Waals surface area (Å²) in [4.78, 5) is 12.3. The van der Waals surface area contributed by atoms with E-state index in [1.807, 2.05) is 6.07 Å². The van der Waals surface area contributed by atoms with Gasteiger partial charge in [0.25, 0.3) is 0 Å². The predicted molar refractivity (Wildman–Crippen MR) is 96.5 cm³/mol. The SMILES string of the molecule is CC(Nc1nc(N)nc(Nc2cc(C3CC3)[nH]n2)n1)c1ccc(F)cc1F. The molecule has 2 heterocycles. The highest BCUT2D eigenvalue weighted by atomic mass is 19.1. The second kappa shape index (κ2) is 6.78. The highest BCUT2D eigenvalue weighted by Crippen LogP contribution is 2.39. The molecule has 0 radical (unpaired) electrons. The maximum atomic E-state index is 13.9. The number of aromatic nitrogens is 5. The second-order valence-electron chi connectivity index (χ2n) is 6.48. The van der Waals surface area contributed by atoms with E-state index in [1.54, 1.807) is 6.92 Å². The smallest absolute Gasteiger partial charge is 0.235 e. The summed E-state index contributed by atoms with van der Waals surface area (Å²) < 4.78 is 27.0. The van der Waals surface area contributed by atoms with Crippen molar-refractivity contribution in [3.05, 3.63) is 47.2 Å². The number of anilines is 4. The normalized spacial score (nSPS) is 14.8. The van der Waals surface area contributed by atoms with E-state index in [1.165, 1.54) is 12.1 Å². The lowest BCUT2D eigenvalue weighted by Gasteiger charge is -2.15. The Morgan fingerprint density at radius 1 is 1.15 bits per heavy atom. The standard InChI is InChI=1S/C17H18F2N8/c1-8(11-5-4-10(18)6-12(11)19)21-16-23-15(20)24-17(25-16)22-14-7-13(26-27-14)9-2-3-9/h4-9H,2-3H2,1H3,(H5,20,21,22,23,24,25,26,27). The minimum atomic E-state index is -0.653. The Morgan fingerprint density at radius 2 is 1.93 bits per heavy atom. The van der Waals surface area contributed by atoms with Gasteiger partial charge >= 0.3 is 0 Å². The first kappa shape index (κ1) is 17.1. The van der Waals surface area contributed by atoms with Gasteiger partial charge in [0.1, 0.15) is 11.6 Å². The zero-order valence-corrected chi connectivity index (χ0v) is 14.5. The molecule has 1 aliphatic rings. The Hall–Kier alpha value is -3.30. The average molecular weight is 372 g/mol. The lowest BCUT2D eigenvalue weighted by Crippen LogP contribution is -2.14. The van der Waals surface area contributed by atoms with E-state index in [0.717, 1.165) is 24.6 Å². The molecule has 1 aromatic carbocycles. The van der Waals surface area contributed by atoms with Crippen LogP contribution in [0.1, 0.15) is 43.0 Å². The quantitative estimate of drug-likeness (QED) is 0.525. The first-order valence-electron chi connectivity index (χ1n) is 8.53. The maximum Gasteiger partial charge on any atom is 0.235 e. The summed E-state index contributed by atoms with van der Waals surface area (Å²) in [7, 11) is 0. The molecule has 0 amide bonds. The molecule has 5 N–H and O–H groups in total. The van der Waals surface area contributed by atoms with Gasteiger partial charge in [0.15, 0.2) is 5.82 Å². The Morgan fingerprint density at radius 3 is 2.67 bits per heavy atom. The van der Waals surface area contributed by atoms with Crippen LogP contribution in [0.25, 0.3) is 0 Å². The molecule has 0 aliphatic heterocycles. The molecule has 1 aliphatic carbocycles. The average Bonchev–Trinajstić information content (AvgIpc) is 3.34. The topological polar surface area (TPSA) is 117 Å². The number of nitrogens with zero attached hydrogens (tertiary/aromatic N) is 4. The molecule has 1 fully saturated rings. The van der Waals surface area contributed by atoms with Gasteiger partial charge in [-0.05, 0) is 25.8 Å². The van der Waals surface area contributed by atoms with Crippen LogP contribution in [0, 0.1) is 11.6 Å². The molecule has 8 nitrogen and oxygen atoms in total. The third-order valence-electron chi connectivity index (χ3n) is 4.28. The van der Waals surface area contributed by atoms with Crippen molar-refractivity contribution in [1.82, 2.24) is 25.1 Å². The van der Waals surface area contributed by atoms with Crippen LogP contribution in [0.2, 0.25) is 0 Å². The zero-order chi connectivity index (χ0) is 19.0. The summed E-state index contributed by atoms with van der Waals surface area (Å²) in [5.74, 6) is 0.208. The Labute approximate surface area is 153 Å². The van der Waals surface area contributed by atoms with E-state index in [2.05, 4.69) is 35.8 Å². The molecule has 2 aromatic heterocycles.